The summed E-state index contributed by atoms with van der Waals surface area (Å²) >= 11 is 0. The van der Waals surface area contributed by atoms with Crippen LogP contribution in [0, 0.1) is 11.8 Å². The second-order valence-electron chi connectivity index (χ2n) is 17.5. The standard InChI is InChI=1S/C49H64N6O6/c1-3-5-7-8-16-26-61-44-32-55(31-43(44)53-49(60)50-25-15-6-4-2)48(59)36-23-21-35(22-24-36)47(58)54-29-39(45(56)51-41-27-37(41)33-17-11-9-12-18-33)40(30-54)46(57)52-42-28-38(42)34-19-13-10-14-20-34/h9-14,17-24,37-44H,3-8,15-16,25-32H2,1-2H3,(H,51,56)(H,52,57)(H2,50,53,60)/t37-,38-,39-,40-,41+,42+,43+,44+/m1/s1. The molecule has 3 aromatic rings. The molecule has 0 radical (unpaired) electrons. The zero-order valence-corrected chi connectivity index (χ0v) is 35.9. The van der Waals surface area contributed by atoms with Crippen LogP contribution < -0.4 is 21.3 Å². The predicted molar refractivity (Wildman–Crippen MR) is 235 cm³/mol. The molecule has 61 heavy (non-hydrogen) atoms. The monoisotopic (exact) mass is 832 g/mol. The lowest BCUT2D eigenvalue weighted by Gasteiger charge is -2.20. The number of likely N-dealkylation sites (tertiary alicyclic amines) is 2. The normalized spacial score (nSPS) is 25.1. The summed E-state index contributed by atoms with van der Waals surface area (Å²) in [7, 11) is 0. The van der Waals surface area contributed by atoms with Crippen LogP contribution in [0.2, 0.25) is 0 Å². The Kier molecular flexibility index (Phi) is 15.1. The van der Waals surface area contributed by atoms with E-state index in [0.29, 0.717) is 37.4 Å². The number of nitrogens with one attached hydrogen (secondary N) is 4. The largest absolute Gasteiger partial charge is 0.374 e. The van der Waals surface area contributed by atoms with Gasteiger partial charge in [0.15, 0.2) is 0 Å². The Balaban J connectivity index is 0.978. The van der Waals surface area contributed by atoms with Crippen LogP contribution in [0.15, 0.2) is 84.9 Å². The van der Waals surface area contributed by atoms with Gasteiger partial charge in [0.25, 0.3) is 11.8 Å². The summed E-state index contributed by atoms with van der Waals surface area (Å²) in [5, 5.41) is 12.4. The molecule has 8 atom stereocenters. The smallest absolute Gasteiger partial charge is 0.315 e. The summed E-state index contributed by atoms with van der Waals surface area (Å²) in [4.78, 5) is 71.8. The van der Waals surface area contributed by atoms with Crippen molar-refractivity contribution in [2.45, 2.75) is 114 Å². The molecule has 2 saturated carbocycles. The van der Waals surface area contributed by atoms with Crippen molar-refractivity contribution in [1.29, 1.82) is 0 Å². The molecule has 4 N–H and O–H groups in total. The maximum absolute atomic E-state index is 14.1. The number of hydrogen-bond acceptors (Lipinski definition) is 6. The Morgan fingerprint density at radius 3 is 1.57 bits per heavy atom. The number of carbonyl (C=O) groups is 5. The maximum Gasteiger partial charge on any atom is 0.315 e. The fourth-order valence-electron chi connectivity index (χ4n) is 9.03. The molecule has 6 amide bonds. The summed E-state index contributed by atoms with van der Waals surface area (Å²) < 4.78 is 6.27. The van der Waals surface area contributed by atoms with Gasteiger partial charge in [-0.15, -0.1) is 0 Å². The van der Waals surface area contributed by atoms with Crippen molar-refractivity contribution in [2.75, 3.05) is 39.3 Å². The van der Waals surface area contributed by atoms with E-state index in [-0.39, 0.29) is 78.8 Å². The summed E-state index contributed by atoms with van der Waals surface area (Å²) in [6.45, 7) is 6.35. The van der Waals surface area contributed by atoms with E-state index in [0.717, 1.165) is 51.4 Å². The van der Waals surface area contributed by atoms with E-state index in [2.05, 4.69) is 59.4 Å². The number of urea groups is 1. The van der Waals surface area contributed by atoms with E-state index in [1.807, 2.05) is 36.4 Å². The van der Waals surface area contributed by atoms with Crippen LogP contribution >= 0.6 is 0 Å². The molecule has 0 unspecified atom stereocenters. The highest BCUT2D eigenvalue weighted by molar-refractivity contribution is 5.99. The molecule has 2 aliphatic carbocycles. The van der Waals surface area contributed by atoms with Gasteiger partial charge in [-0.05, 0) is 61.1 Å². The van der Waals surface area contributed by atoms with E-state index in [4.69, 9.17) is 4.74 Å². The van der Waals surface area contributed by atoms with Crippen LogP contribution in [0.4, 0.5) is 4.79 Å². The molecule has 2 saturated heterocycles. The topological polar surface area (TPSA) is 149 Å². The first-order chi connectivity index (χ1) is 29.7. The van der Waals surface area contributed by atoms with Crippen molar-refractivity contribution >= 4 is 29.7 Å². The highest BCUT2D eigenvalue weighted by Gasteiger charge is 2.49. The van der Waals surface area contributed by atoms with Crippen molar-refractivity contribution in [3.63, 3.8) is 0 Å². The molecule has 3 aromatic carbocycles. The number of rotatable bonds is 20. The molecule has 2 heterocycles. The fraction of sp³-hybridized carbons (Fsp3) is 0.531. The number of benzene rings is 3. The molecular formula is C49H64N6O6. The molecule has 0 bridgehead atoms. The van der Waals surface area contributed by atoms with E-state index in [1.165, 1.54) is 24.0 Å². The van der Waals surface area contributed by atoms with Crippen LogP contribution in [0.25, 0.3) is 0 Å². The third-order valence-electron chi connectivity index (χ3n) is 12.9. The minimum Gasteiger partial charge on any atom is -0.374 e. The summed E-state index contributed by atoms with van der Waals surface area (Å²) in [6, 6.07) is 26.2. The predicted octanol–water partition coefficient (Wildman–Crippen LogP) is 6.39. The zero-order chi connectivity index (χ0) is 42.7. The highest BCUT2D eigenvalue weighted by Crippen LogP contribution is 2.42. The van der Waals surface area contributed by atoms with Gasteiger partial charge < -0.3 is 35.8 Å². The maximum atomic E-state index is 14.1. The van der Waals surface area contributed by atoms with Gasteiger partial charge in [-0.25, -0.2) is 4.79 Å². The molecule has 12 heteroatoms. The number of carbonyl (C=O) groups excluding carboxylic acids is 5. The number of amides is 6. The number of ether oxygens (including phenoxy) is 1. The Hall–Kier alpha value is -5.23. The fourth-order valence-corrected chi connectivity index (χ4v) is 9.03. The zero-order valence-electron chi connectivity index (χ0n) is 35.9. The van der Waals surface area contributed by atoms with Crippen LogP contribution in [-0.2, 0) is 14.3 Å². The first-order valence-electron chi connectivity index (χ1n) is 22.8. The lowest BCUT2D eigenvalue weighted by atomic mass is 9.94. The van der Waals surface area contributed by atoms with Crippen LogP contribution in [0.3, 0.4) is 0 Å². The summed E-state index contributed by atoms with van der Waals surface area (Å²) in [6.07, 6.45) is 9.87. The SMILES string of the molecule is CCCCCCCO[C@H]1CN(C(=O)c2ccc(C(=O)N3C[C@@H](C(=O)N[C@H]4C[C@@H]4c4ccccc4)[C@H](C(=O)N[C@H]4C[C@@H]4c4ccccc4)C3)cc2)C[C@@H]1NC(=O)NCCCCC. The van der Waals surface area contributed by atoms with Crippen LogP contribution in [0.1, 0.15) is 122 Å². The Morgan fingerprint density at radius 2 is 1.05 bits per heavy atom. The number of hydrogen-bond donors (Lipinski definition) is 4. The average Bonchev–Trinajstić information content (AvgIpc) is 4.14. The van der Waals surface area contributed by atoms with Gasteiger partial charge in [-0.2, -0.15) is 0 Å². The van der Waals surface area contributed by atoms with E-state index >= 15 is 0 Å². The van der Waals surface area contributed by atoms with E-state index in [1.54, 1.807) is 34.1 Å². The third kappa shape index (κ3) is 11.6. The summed E-state index contributed by atoms with van der Waals surface area (Å²) in [5.74, 6) is -1.84. The van der Waals surface area contributed by atoms with Crippen molar-refractivity contribution in [1.82, 2.24) is 31.1 Å². The Labute approximate surface area is 360 Å². The molecule has 2 aliphatic heterocycles. The Morgan fingerprint density at radius 1 is 0.557 bits per heavy atom. The van der Waals surface area contributed by atoms with Gasteiger partial charge in [-0.3, -0.25) is 19.2 Å². The number of unbranched alkanes of at least 4 members (excludes halogenated alkanes) is 6. The quantitative estimate of drug-likeness (QED) is 0.0971. The average molecular weight is 833 g/mol. The van der Waals surface area contributed by atoms with Gasteiger partial charge in [0.05, 0.1) is 24.0 Å². The molecule has 326 valence electrons. The van der Waals surface area contributed by atoms with Crippen molar-refractivity contribution in [3.05, 3.63) is 107 Å². The molecule has 4 aliphatic rings. The van der Waals surface area contributed by atoms with Crippen molar-refractivity contribution in [3.8, 4) is 0 Å². The van der Waals surface area contributed by atoms with Gasteiger partial charge >= 0.3 is 6.03 Å². The van der Waals surface area contributed by atoms with Gasteiger partial charge in [-0.1, -0.05) is 113 Å². The molecule has 7 rings (SSSR count). The van der Waals surface area contributed by atoms with Crippen molar-refractivity contribution in [2.24, 2.45) is 11.8 Å². The third-order valence-corrected chi connectivity index (χ3v) is 12.9. The first-order valence-corrected chi connectivity index (χ1v) is 22.8. The second-order valence-corrected chi connectivity index (χ2v) is 17.5. The van der Waals surface area contributed by atoms with Crippen LogP contribution in [-0.4, -0.2) is 103 Å². The Bertz CT molecular complexity index is 1870. The summed E-state index contributed by atoms with van der Waals surface area (Å²) in [5.41, 5.74) is 3.15. The van der Waals surface area contributed by atoms with Crippen LogP contribution in [0.5, 0.6) is 0 Å². The lowest BCUT2D eigenvalue weighted by Crippen LogP contribution is -2.48. The molecular weight excluding hydrogens is 769 g/mol. The molecule has 0 aromatic heterocycles. The molecule has 0 spiro atoms. The number of nitrogens with zero attached hydrogens (tertiary/aromatic N) is 2. The molecule has 12 nitrogen and oxygen atoms in total. The van der Waals surface area contributed by atoms with E-state index < -0.39 is 11.8 Å². The second kappa shape index (κ2) is 21.0. The minimum atomic E-state index is -0.697. The van der Waals surface area contributed by atoms with Gasteiger partial charge in [0.2, 0.25) is 11.8 Å². The van der Waals surface area contributed by atoms with E-state index in [9.17, 15) is 24.0 Å². The first kappa shape index (κ1) is 43.8. The van der Waals surface area contributed by atoms with Crippen molar-refractivity contribution < 1.29 is 28.7 Å². The lowest BCUT2D eigenvalue weighted by molar-refractivity contribution is -0.133. The minimum absolute atomic E-state index is 0.00824. The molecule has 4 fully saturated rings. The van der Waals surface area contributed by atoms with Gasteiger partial charge in [0.1, 0.15) is 0 Å². The van der Waals surface area contributed by atoms with Gasteiger partial charge in [0, 0.05) is 74.4 Å². The highest BCUT2D eigenvalue weighted by atomic mass is 16.5.